The van der Waals surface area contributed by atoms with Crippen LogP contribution in [0.15, 0.2) is 30.5 Å². The lowest BCUT2D eigenvalue weighted by molar-refractivity contribution is 0.164. The maximum Gasteiger partial charge on any atom is 0.147 e. The molecular weight excluding hydrogens is 214 g/mol. The Bertz CT molecular complexity index is 503. The van der Waals surface area contributed by atoms with Gasteiger partial charge in [0.25, 0.3) is 0 Å². The Morgan fingerprint density at radius 1 is 1.18 bits per heavy atom. The molecule has 1 N–H and O–H groups in total. The average molecular weight is 229 g/mol. The van der Waals surface area contributed by atoms with Crippen molar-refractivity contribution in [2.24, 2.45) is 0 Å². The Labute approximate surface area is 100 Å². The van der Waals surface area contributed by atoms with Gasteiger partial charge >= 0.3 is 0 Å². The molecule has 88 valence electrons. The van der Waals surface area contributed by atoms with Gasteiger partial charge in [0.1, 0.15) is 17.4 Å². The van der Waals surface area contributed by atoms with Crippen molar-refractivity contribution in [2.75, 3.05) is 13.1 Å². The topological polar surface area (TPSA) is 47.0 Å². The van der Waals surface area contributed by atoms with Crippen LogP contribution in [0, 0.1) is 0 Å². The molecule has 1 aliphatic heterocycles. The van der Waals surface area contributed by atoms with Crippen LogP contribution in [0.1, 0.15) is 12.8 Å². The first kappa shape index (κ1) is 10.5. The molecule has 2 aromatic rings. The Morgan fingerprint density at radius 3 is 2.94 bits per heavy atom. The molecule has 17 heavy (non-hydrogen) atoms. The first-order valence-electron chi connectivity index (χ1n) is 6.01. The van der Waals surface area contributed by atoms with E-state index in [0.29, 0.717) is 6.10 Å². The number of aromatic nitrogens is 2. The highest BCUT2D eigenvalue weighted by atomic mass is 16.5. The minimum absolute atomic E-state index is 0.295. The molecule has 1 saturated heterocycles. The van der Waals surface area contributed by atoms with Crippen molar-refractivity contribution in [1.82, 2.24) is 15.5 Å². The van der Waals surface area contributed by atoms with Crippen molar-refractivity contribution in [3.8, 4) is 5.75 Å². The third-order valence-electron chi connectivity index (χ3n) is 3.09. The predicted molar refractivity (Wildman–Crippen MR) is 66.1 cm³/mol. The van der Waals surface area contributed by atoms with E-state index >= 15 is 0 Å². The van der Waals surface area contributed by atoms with E-state index in [1.54, 1.807) is 6.20 Å². The van der Waals surface area contributed by atoms with Gasteiger partial charge in [-0.3, -0.25) is 0 Å². The zero-order chi connectivity index (χ0) is 11.5. The second-order valence-electron chi connectivity index (χ2n) is 4.29. The van der Waals surface area contributed by atoms with E-state index in [1.807, 2.05) is 24.3 Å². The fraction of sp³-hybridized carbons (Fsp3) is 0.385. The molecule has 2 heterocycles. The fourth-order valence-electron chi connectivity index (χ4n) is 2.17. The molecule has 1 aliphatic rings. The van der Waals surface area contributed by atoms with E-state index in [-0.39, 0.29) is 0 Å². The third kappa shape index (κ3) is 2.22. The number of nitrogens with zero attached hydrogens (tertiary/aromatic N) is 2. The first-order chi connectivity index (χ1) is 8.43. The van der Waals surface area contributed by atoms with Crippen molar-refractivity contribution in [3.05, 3.63) is 30.5 Å². The second-order valence-corrected chi connectivity index (χ2v) is 4.29. The molecular formula is C13H15N3O. The molecule has 0 unspecified atom stereocenters. The zero-order valence-electron chi connectivity index (χ0n) is 9.60. The molecule has 4 nitrogen and oxygen atoms in total. The van der Waals surface area contributed by atoms with Crippen LogP contribution in [0.5, 0.6) is 5.75 Å². The minimum Gasteiger partial charge on any atom is -0.488 e. The Hall–Kier alpha value is -1.68. The van der Waals surface area contributed by atoms with Crippen LogP contribution >= 0.6 is 0 Å². The maximum absolute atomic E-state index is 6.03. The van der Waals surface area contributed by atoms with Crippen LogP contribution < -0.4 is 10.1 Å². The standard InChI is InChI=1S/C13H15N3O/c1-2-10-4-9-15-16-13(10)12(3-1)17-11-5-7-14-8-6-11/h1-4,9,11,14H,5-8H2. The van der Waals surface area contributed by atoms with E-state index in [1.165, 1.54) is 0 Å². The van der Waals surface area contributed by atoms with Gasteiger partial charge in [-0.1, -0.05) is 12.1 Å². The predicted octanol–water partition coefficient (Wildman–Crippen LogP) is 1.76. The quantitative estimate of drug-likeness (QED) is 0.852. The summed E-state index contributed by atoms with van der Waals surface area (Å²) >= 11 is 0. The van der Waals surface area contributed by atoms with E-state index in [4.69, 9.17) is 4.74 Å². The van der Waals surface area contributed by atoms with Crippen LogP contribution in [0.25, 0.3) is 10.9 Å². The highest BCUT2D eigenvalue weighted by molar-refractivity contribution is 5.83. The van der Waals surface area contributed by atoms with Crippen LogP contribution in [0.4, 0.5) is 0 Å². The molecule has 1 aromatic carbocycles. The number of rotatable bonds is 2. The normalized spacial score (nSPS) is 17.2. The number of hydrogen-bond acceptors (Lipinski definition) is 4. The van der Waals surface area contributed by atoms with E-state index < -0.39 is 0 Å². The Morgan fingerprint density at radius 2 is 2.06 bits per heavy atom. The van der Waals surface area contributed by atoms with Gasteiger partial charge in [-0.2, -0.15) is 5.10 Å². The minimum atomic E-state index is 0.295. The van der Waals surface area contributed by atoms with Gasteiger partial charge in [-0.05, 0) is 38.1 Å². The first-order valence-corrected chi connectivity index (χ1v) is 6.01. The Balaban J connectivity index is 1.89. The van der Waals surface area contributed by atoms with Crippen LogP contribution in [0.2, 0.25) is 0 Å². The summed E-state index contributed by atoms with van der Waals surface area (Å²) in [6, 6.07) is 7.95. The average Bonchev–Trinajstić information content (AvgIpc) is 2.40. The van der Waals surface area contributed by atoms with Gasteiger partial charge in [-0.15, -0.1) is 5.10 Å². The summed E-state index contributed by atoms with van der Waals surface area (Å²) in [5, 5.41) is 12.5. The highest BCUT2D eigenvalue weighted by Gasteiger charge is 2.15. The zero-order valence-corrected chi connectivity index (χ0v) is 9.60. The largest absolute Gasteiger partial charge is 0.488 e. The number of ether oxygens (including phenoxy) is 1. The molecule has 0 radical (unpaired) electrons. The molecule has 0 atom stereocenters. The molecule has 1 aromatic heterocycles. The second kappa shape index (κ2) is 4.67. The van der Waals surface area contributed by atoms with Crippen molar-refractivity contribution in [3.63, 3.8) is 0 Å². The summed E-state index contributed by atoms with van der Waals surface area (Å²) in [6.45, 7) is 2.06. The summed E-state index contributed by atoms with van der Waals surface area (Å²) < 4.78 is 6.03. The smallest absolute Gasteiger partial charge is 0.147 e. The van der Waals surface area contributed by atoms with Crippen molar-refractivity contribution in [1.29, 1.82) is 0 Å². The molecule has 1 fully saturated rings. The van der Waals surface area contributed by atoms with Gasteiger partial charge < -0.3 is 10.1 Å². The number of hydrogen-bond donors (Lipinski definition) is 1. The van der Waals surface area contributed by atoms with Crippen molar-refractivity contribution in [2.45, 2.75) is 18.9 Å². The number of piperidine rings is 1. The van der Waals surface area contributed by atoms with Crippen molar-refractivity contribution >= 4 is 10.9 Å². The van der Waals surface area contributed by atoms with E-state index in [0.717, 1.165) is 42.6 Å². The third-order valence-corrected chi connectivity index (χ3v) is 3.09. The van der Waals surface area contributed by atoms with Gasteiger partial charge in [0.2, 0.25) is 0 Å². The van der Waals surface area contributed by atoms with Crippen LogP contribution in [-0.2, 0) is 0 Å². The lowest BCUT2D eigenvalue weighted by Crippen LogP contribution is -2.34. The molecule has 0 spiro atoms. The van der Waals surface area contributed by atoms with Gasteiger partial charge in [-0.25, -0.2) is 0 Å². The van der Waals surface area contributed by atoms with Gasteiger partial charge in [0.05, 0.1) is 6.20 Å². The number of benzene rings is 1. The summed E-state index contributed by atoms with van der Waals surface area (Å²) in [4.78, 5) is 0. The summed E-state index contributed by atoms with van der Waals surface area (Å²) in [5.74, 6) is 0.850. The SMILES string of the molecule is c1cc(OC2CCNCC2)c2nnccc2c1. The van der Waals surface area contributed by atoms with Gasteiger partial charge in [0, 0.05) is 5.39 Å². The molecule has 0 bridgehead atoms. The molecule has 3 rings (SSSR count). The summed E-state index contributed by atoms with van der Waals surface area (Å²) in [5.41, 5.74) is 0.855. The fourth-order valence-corrected chi connectivity index (χ4v) is 2.17. The van der Waals surface area contributed by atoms with Crippen molar-refractivity contribution < 1.29 is 4.74 Å². The van der Waals surface area contributed by atoms with Crippen LogP contribution in [0.3, 0.4) is 0 Å². The lowest BCUT2D eigenvalue weighted by Gasteiger charge is -2.24. The molecule has 4 heteroatoms. The summed E-state index contributed by atoms with van der Waals surface area (Å²) in [6.07, 6.45) is 4.10. The van der Waals surface area contributed by atoms with E-state index in [2.05, 4.69) is 15.5 Å². The number of nitrogens with one attached hydrogen (secondary N) is 1. The number of fused-ring (bicyclic) bond motifs is 1. The highest BCUT2D eigenvalue weighted by Crippen LogP contribution is 2.24. The van der Waals surface area contributed by atoms with Crippen LogP contribution in [-0.4, -0.2) is 29.4 Å². The van der Waals surface area contributed by atoms with Gasteiger partial charge in [0.15, 0.2) is 0 Å². The van der Waals surface area contributed by atoms with E-state index in [9.17, 15) is 0 Å². The molecule has 0 aliphatic carbocycles. The Kier molecular flexibility index (Phi) is 2.88. The molecule has 0 amide bonds. The maximum atomic E-state index is 6.03. The monoisotopic (exact) mass is 229 g/mol. The lowest BCUT2D eigenvalue weighted by atomic mass is 10.1. The molecule has 0 saturated carbocycles. The summed E-state index contributed by atoms with van der Waals surface area (Å²) in [7, 11) is 0.